The molecule has 5 heteroatoms. The summed E-state index contributed by atoms with van der Waals surface area (Å²) >= 11 is 0. The van der Waals surface area contributed by atoms with Gasteiger partial charge >= 0.3 is 0 Å². The first kappa shape index (κ1) is 15.3. The fraction of sp³-hybridized carbons (Fsp3) is 0.500. The zero-order chi connectivity index (χ0) is 17.5. The molecule has 1 heterocycles. The summed E-state index contributed by atoms with van der Waals surface area (Å²) < 4.78 is 5.70. The van der Waals surface area contributed by atoms with Crippen molar-refractivity contribution in [2.24, 2.45) is 5.92 Å². The second kappa shape index (κ2) is 4.80. The molecule has 5 nitrogen and oxygen atoms in total. The minimum atomic E-state index is -0.670. The second-order valence-corrected chi connectivity index (χ2v) is 7.89. The van der Waals surface area contributed by atoms with E-state index in [1.54, 1.807) is 6.07 Å². The lowest BCUT2D eigenvalue weighted by Gasteiger charge is -2.44. The molecule has 0 amide bonds. The van der Waals surface area contributed by atoms with Gasteiger partial charge in [0.25, 0.3) is 0 Å². The maximum atomic E-state index is 13.0. The van der Waals surface area contributed by atoms with Crippen LogP contribution in [0.5, 0.6) is 0 Å². The third kappa shape index (κ3) is 1.80. The van der Waals surface area contributed by atoms with E-state index in [2.05, 4.69) is 6.92 Å². The summed E-state index contributed by atoms with van der Waals surface area (Å²) in [6.45, 7) is 2.42. The molecule has 1 aromatic rings. The normalized spacial score (nSPS) is 35.9. The highest BCUT2D eigenvalue weighted by molar-refractivity contribution is 6.13. The Labute approximate surface area is 145 Å². The summed E-state index contributed by atoms with van der Waals surface area (Å²) in [5.74, 6) is -0.00389. The van der Waals surface area contributed by atoms with E-state index in [0.717, 1.165) is 17.6 Å². The fourth-order valence-corrected chi connectivity index (χ4v) is 5.16. The molecule has 1 saturated carbocycles. The molecule has 4 atom stereocenters. The van der Waals surface area contributed by atoms with Crippen LogP contribution in [0, 0.1) is 5.92 Å². The van der Waals surface area contributed by atoms with Crippen molar-refractivity contribution in [3.8, 4) is 0 Å². The Hall–Kier alpha value is -1.98. The van der Waals surface area contributed by atoms with Crippen LogP contribution in [0.15, 0.2) is 23.5 Å². The second-order valence-electron chi connectivity index (χ2n) is 7.89. The average Bonchev–Trinajstić information content (AvgIpc) is 3.06. The van der Waals surface area contributed by atoms with Gasteiger partial charge in [-0.2, -0.15) is 0 Å². The number of hydrogen-bond acceptors (Lipinski definition) is 5. The quantitative estimate of drug-likeness (QED) is 0.756. The topological polar surface area (TPSA) is 83.8 Å². The average molecular weight is 340 g/mol. The lowest BCUT2D eigenvalue weighted by Crippen LogP contribution is -2.43. The van der Waals surface area contributed by atoms with Gasteiger partial charge < -0.3 is 14.9 Å². The monoisotopic (exact) mass is 340 g/mol. The van der Waals surface area contributed by atoms with Crippen LogP contribution in [0.4, 0.5) is 0 Å². The molecule has 1 aromatic carbocycles. The van der Waals surface area contributed by atoms with Gasteiger partial charge in [-0.05, 0) is 42.0 Å². The fourth-order valence-electron chi connectivity index (χ4n) is 5.16. The summed E-state index contributed by atoms with van der Waals surface area (Å²) in [7, 11) is 0. The molecule has 0 bridgehead atoms. The van der Waals surface area contributed by atoms with Gasteiger partial charge in [0, 0.05) is 28.9 Å². The van der Waals surface area contributed by atoms with Crippen molar-refractivity contribution in [1.29, 1.82) is 0 Å². The molecule has 0 aromatic heterocycles. The van der Waals surface area contributed by atoms with Crippen LogP contribution >= 0.6 is 0 Å². The van der Waals surface area contributed by atoms with Crippen LogP contribution in [0.1, 0.15) is 70.6 Å². The van der Waals surface area contributed by atoms with Gasteiger partial charge in [0.2, 0.25) is 5.78 Å². The molecule has 130 valence electrons. The summed E-state index contributed by atoms with van der Waals surface area (Å²) in [4.78, 5) is 25.3. The zero-order valence-corrected chi connectivity index (χ0v) is 14.0. The first-order valence-electron chi connectivity index (χ1n) is 8.91. The molecule has 0 radical (unpaired) electrons. The van der Waals surface area contributed by atoms with Crippen LogP contribution in [-0.4, -0.2) is 34.5 Å². The molecule has 0 unspecified atom stereocenters. The van der Waals surface area contributed by atoms with Crippen molar-refractivity contribution in [3.63, 3.8) is 0 Å². The largest absolute Gasteiger partial charge is 0.489 e. The van der Waals surface area contributed by atoms with Crippen LogP contribution in [0.2, 0.25) is 0 Å². The van der Waals surface area contributed by atoms with Crippen molar-refractivity contribution in [2.45, 2.75) is 50.2 Å². The third-order valence-corrected chi connectivity index (χ3v) is 6.56. The zero-order valence-electron chi connectivity index (χ0n) is 14.0. The maximum Gasteiger partial charge on any atom is 0.227 e. The highest BCUT2D eigenvalue weighted by atomic mass is 16.5. The van der Waals surface area contributed by atoms with Crippen LogP contribution in [0.3, 0.4) is 0 Å². The number of Topliss-reactive ketones (excluding diaryl/α,β-unsaturated/α-hetero) is 2. The van der Waals surface area contributed by atoms with Gasteiger partial charge in [0.15, 0.2) is 11.5 Å². The summed E-state index contributed by atoms with van der Waals surface area (Å²) in [5, 5.41) is 20.7. The molecule has 3 aliphatic carbocycles. The van der Waals surface area contributed by atoms with Crippen molar-refractivity contribution in [3.05, 3.63) is 45.7 Å². The number of fused-ring (bicyclic) bond motifs is 3. The predicted octanol–water partition coefficient (Wildman–Crippen LogP) is 2.21. The van der Waals surface area contributed by atoms with Gasteiger partial charge in [0.05, 0.1) is 18.8 Å². The van der Waals surface area contributed by atoms with Crippen molar-refractivity contribution < 1.29 is 24.5 Å². The van der Waals surface area contributed by atoms with Gasteiger partial charge in [0.1, 0.15) is 0 Å². The van der Waals surface area contributed by atoms with E-state index in [4.69, 9.17) is 4.74 Å². The minimum absolute atomic E-state index is 0.0230. The van der Waals surface area contributed by atoms with E-state index >= 15 is 0 Å². The Bertz CT molecular complexity index is 867. The van der Waals surface area contributed by atoms with Crippen LogP contribution in [0.25, 0.3) is 0 Å². The van der Waals surface area contributed by atoms with E-state index in [0.29, 0.717) is 48.3 Å². The predicted molar refractivity (Wildman–Crippen MR) is 88.4 cm³/mol. The number of ether oxygens (including phenoxy) is 1. The van der Waals surface area contributed by atoms with E-state index in [1.165, 1.54) is 0 Å². The molecule has 1 aliphatic heterocycles. The molecule has 0 spiro atoms. The molecular formula is C20H20O5. The lowest BCUT2D eigenvalue weighted by atomic mass is 9.58. The Morgan fingerprint density at radius 2 is 1.96 bits per heavy atom. The van der Waals surface area contributed by atoms with E-state index in [-0.39, 0.29) is 17.5 Å². The number of ketones is 2. The molecule has 1 fully saturated rings. The smallest absolute Gasteiger partial charge is 0.227 e. The van der Waals surface area contributed by atoms with Gasteiger partial charge in [-0.15, -0.1) is 0 Å². The molecule has 25 heavy (non-hydrogen) atoms. The molecule has 4 aliphatic rings. The Morgan fingerprint density at radius 1 is 1.16 bits per heavy atom. The number of benzene rings is 1. The van der Waals surface area contributed by atoms with Crippen LogP contribution in [-0.2, 0) is 10.2 Å². The standard InChI is InChI=1S/C20H20O5/c1-20-5-4-16(23)12-8-25-19(17(12)20)18(24)11-6-9-10(7-13(11)20)15(22)3-2-14(9)21/h6-7,12,15-16,22-23H,2-5,8H2,1H3/t12-,15+,16-,20-/m0/s1. The Kier molecular flexibility index (Phi) is 2.94. The Morgan fingerprint density at radius 3 is 2.76 bits per heavy atom. The molecule has 2 N–H and O–H groups in total. The van der Waals surface area contributed by atoms with E-state index in [1.807, 2.05) is 6.07 Å². The van der Waals surface area contributed by atoms with Gasteiger partial charge in [-0.1, -0.05) is 13.0 Å². The van der Waals surface area contributed by atoms with Crippen molar-refractivity contribution in [1.82, 2.24) is 0 Å². The SMILES string of the molecule is C[C@@]12CC[C@H](O)[C@@H]3COC(=C31)C(=O)c1cc3c(cc12)[C@H](O)CCC3=O. The molecule has 5 rings (SSSR count). The number of carbonyl (C=O) groups excluding carboxylic acids is 2. The first-order valence-corrected chi connectivity index (χ1v) is 8.91. The number of carbonyl (C=O) groups is 2. The minimum Gasteiger partial charge on any atom is -0.489 e. The maximum absolute atomic E-state index is 13.0. The van der Waals surface area contributed by atoms with Gasteiger partial charge in [-0.25, -0.2) is 0 Å². The van der Waals surface area contributed by atoms with E-state index in [9.17, 15) is 19.8 Å². The number of rotatable bonds is 0. The number of aliphatic hydroxyl groups is 2. The summed E-state index contributed by atoms with van der Waals surface area (Å²) in [5.41, 5.74) is 2.98. The Balaban J connectivity index is 1.78. The summed E-state index contributed by atoms with van der Waals surface area (Å²) in [6, 6.07) is 3.52. The van der Waals surface area contributed by atoms with Crippen LogP contribution < -0.4 is 0 Å². The molecule has 0 saturated heterocycles. The highest BCUT2D eigenvalue weighted by Crippen LogP contribution is 2.55. The van der Waals surface area contributed by atoms with Gasteiger partial charge in [-0.3, -0.25) is 9.59 Å². The third-order valence-electron chi connectivity index (χ3n) is 6.56. The number of hydrogen-bond donors (Lipinski definition) is 2. The lowest BCUT2D eigenvalue weighted by molar-refractivity contribution is 0.0630. The van der Waals surface area contributed by atoms with Crippen molar-refractivity contribution in [2.75, 3.05) is 6.61 Å². The first-order chi connectivity index (χ1) is 11.9. The summed E-state index contributed by atoms with van der Waals surface area (Å²) in [6.07, 6.45) is 0.936. The molecular weight excluding hydrogens is 320 g/mol. The number of aliphatic hydroxyl groups excluding tert-OH is 2. The number of allylic oxidation sites excluding steroid dienone is 1. The highest BCUT2D eigenvalue weighted by Gasteiger charge is 2.53. The van der Waals surface area contributed by atoms with E-state index < -0.39 is 17.6 Å². The van der Waals surface area contributed by atoms with Crippen molar-refractivity contribution >= 4 is 11.6 Å².